The molecule has 5 aromatic rings. The van der Waals surface area contributed by atoms with Crippen molar-refractivity contribution in [3.05, 3.63) is 132 Å². The summed E-state index contributed by atoms with van der Waals surface area (Å²) in [5.74, 6) is -0.225. The number of carbonyl (C=O) groups is 2. The number of benzene rings is 4. The summed E-state index contributed by atoms with van der Waals surface area (Å²) in [4.78, 5) is 29.0. The van der Waals surface area contributed by atoms with Crippen LogP contribution >= 0.6 is 0 Å². The molecule has 2 aliphatic heterocycles. The van der Waals surface area contributed by atoms with Crippen molar-refractivity contribution in [3.8, 4) is 5.75 Å². The normalized spacial score (nSPS) is 21.8. The lowest BCUT2D eigenvalue weighted by molar-refractivity contribution is -0.146. The van der Waals surface area contributed by atoms with Gasteiger partial charge in [0.25, 0.3) is 11.8 Å². The van der Waals surface area contributed by atoms with E-state index in [0.29, 0.717) is 30.9 Å². The molecule has 11 nitrogen and oxygen atoms in total. The number of nitrogens with zero attached hydrogens (tertiary/aromatic N) is 4. The summed E-state index contributed by atoms with van der Waals surface area (Å²) in [7, 11) is -0.692. The van der Waals surface area contributed by atoms with E-state index in [0.717, 1.165) is 28.1 Å². The first-order valence-corrected chi connectivity index (χ1v) is 21.9. The van der Waals surface area contributed by atoms with E-state index in [-0.39, 0.29) is 36.0 Å². The second-order valence-electron chi connectivity index (χ2n) is 15.3. The number of ether oxygens (including phenoxy) is 2. The van der Waals surface area contributed by atoms with Gasteiger partial charge in [-0.1, -0.05) is 103 Å². The van der Waals surface area contributed by atoms with Crippen LogP contribution in [0, 0.1) is 5.92 Å². The second kappa shape index (κ2) is 15.5. The molecular weight excluding hydrogens is 711 g/mol. The zero-order chi connectivity index (χ0) is 38.9. The number of hydrogen-bond donors (Lipinski definition) is 3. The molecule has 3 heterocycles. The van der Waals surface area contributed by atoms with Crippen molar-refractivity contribution in [2.75, 3.05) is 23.9 Å². The number of anilines is 2. The minimum Gasteiger partial charge on any atom is -0.497 e. The number of para-hydroxylation sites is 1. The van der Waals surface area contributed by atoms with Crippen molar-refractivity contribution in [2.24, 2.45) is 5.92 Å². The number of aliphatic hydroxyl groups excluding tert-OH is 2. The fourth-order valence-corrected chi connectivity index (χ4v) is 12.8. The van der Waals surface area contributed by atoms with Crippen LogP contribution in [0.25, 0.3) is 0 Å². The first-order chi connectivity index (χ1) is 26.5. The maximum absolute atomic E-state index is 15.1. The van der Waals surface area contributed by atoms with E-state index in [1.54, 1.807) is 19.2 Å². The zero-order valence-electron chi connectivity index (χ0n) is 31.9. The minimum absolute atomic E-state index is 0.0483. The fourth-order valence-electron chi connectivity index (χ4n) is 8.71. The summed E-state index contributed by atoms with van der Waals surface area (Å²) < 4.78 is 14.6. The molecule has 2 aliphatic rings. The number of aliphatic hydroxyl groups is 2. The van der Waals surface area contributed by atoms with Crippen LogP contribution in [0.1, 0.15) is 48.6 Å². The van der Waals surface area contributed by atoms with Gasteiger partial charge in [-0.25, -0.2) is 0 Å². The largest absolute Gasteiger partial charge is 0.497 e. The molecule has 286 valence electrons. The van der Waals surface area contributed by atoms with Crippen molar-refractivity contribution >= 4 is 36.4 Å². The monoisotopic (exact) mass is 759 g/mol. The predicted molar refractivity (Wildman–Crippen MR) is 214 cm³/mol. The molecule has 0 bridgehead atoms. The maximum atomic E-state index is 15.1. The van der Waals surface area contributed by atoms with E-state index in [1.165, 1.54) is 12.1 Å². The summed E-state index contributed by atoms with van der Waals surface area (Å²) in [5, 5.41) is 32.8. The van der Waals surface area contributed by atoms with Crippen molar-refractivity contribution in [2.45, 2.75) is 75.7 Å². The van der Waals surface area contributed by atoms with Gasteiger partial charge in [-0.3, -0.25) is 14.3 Å². The second-order valence-corrected chi connectivity index (χ2v) is 20.0. The van der Waals surface area contributed by atoms with Crippen LogP contribution < -0.4 is 20.1 Å². The Hall–Kier alpha value is -5.14. The summed E-state index contributed by atoms with van der Waals surface area (Å²) >= 11 is 0. The van der Waals surface area contributed by atoms with Gasteiger partial charge in [-0.05, 0) is 60.3 Å². The van der Waals surface area contributed by atoms with E-state index in [1.807, 2.05) is 94.6 Å². The Balaban J connectivity index is 1.21. The zero-order valence-corrected chi connectivity index (χ0v) is 32.9. The van der Waals surface area contributed by atoms with E-state index in [4.69, 9.17) is 9.47 Å². The Kier molecular flexibility index (Phi) is 10.8. The molecule has 1 saturated heterocycles. The van der Waals surface area contributed by atoms with Gasteiger partial charge in [0, 0.05) is 29.9 Å². The third-order valence-corrected chi connectivity index (χ3v) is 16.0. The van der Waals surface area contributed by atoms with Crippen LogP contribution in [0.4, 0.5) is 11.4 Å². The quantitative estimate of drug-likeness (QED) is 0.132. The number of hydrogen-bond acceptors (Lipinski definition) is 8. The van der Waals surface area contributed by atoms with Crippen molar-refractivity contribution in [1.82, 2.24) is 15.0 Å². The number of amides is 2. The summed E-state index contributed by atoms with van der Waals surface area (Å²) in [6.07, 6.45) is 1.11. The number of fused-ring (bicyclic) bond motifs is 2. The average molecular weight is 760 g/mol. The smallest absolute Gasteiger partial charge is 0.264 e. The Morgan fingerprint density at radius 2 is 1.69 bits per heavy atom. The lowest BCUT2D eigenvalue weighted by atomic mass is 9.82. The van der Waals surface area contributed by atoms with E-state index in [2.05, 4.69) is 47.8 Å². The van der Waals surface area contributed by atoms with Crippen molar-refractivity contribution < 1.29 is 29.3 Å². The van der Waals surface area contributed by atoms with Gasteiger partial charge in [-0.15, -0.1) is 5.10 Å². The first kappa shape index (κ1) is 38.1. The Labute approximate surface area is 322 Å². The number of aromatic nitrogens is 3. The van der Waals surface area contributed by atoms with Crippen molar-refractivity contribution in [3.63, 3.8) is 0 Å². The molecule has 4 aromatic carbocycles. The molecule has 7 rings (SSSR count). The first-order valence-electron chi connectivity index (χ1n) is 18.9. The summed E-state index contributed by atoms with van der Waals surface area (Å²) in [5.41, 5.74) is 3.67. The molecule has 0 aliphatic carbocycles. The number of methoxy groups -OCH3 is 1. The number of aryl methyl sites for hydroxylation is 1. The van der Waals surface area contributed by atoms with Gasteiger partial charge in [0.05, 0.1) is 51.7 Å². The van der Waals surface area contributed by atoms with Crippen LogP contribution in [-0.2, 0) is 33.0 Å². The molecule has 12 heteroatoms. The third kappa shape index (κ3) is 7.11. The van der Waals surface area contributed by atoms with Gasteiger partial charge in [0.2, 0.25) is 0 Å². The van der Waals surface area contributed by atoms with E-state index >= 15 is 4.79 Å². The number of rotatable bonds is 13. The molecule has 1 spiro atoms. The number of nitrogens with one attached hydrogen (secondary N) is 1. The number of carbonyl (C=O) groups excluding carboxylic acids is 2. The molecule has 2 amide bonds. The lowest BCUT2D eigenvalue weighted by Gasteiger charge is -2.37. The lowest BCUT2D eigenvalue weighted by Crippen LogP contribution is -2.51. The van der Waals surface area contributed by atoms with Crippen LogP contribution in [0.15, 0.2) is 109 Å². The Morgan fingerprint density at radius 1 is 1.00 bits per heavy atom. The van der Waals surface area contributed by atoms with Crippen LogP contribution in [-0.4, -0.2) is 71.0 Å². The Morgan fingerprint density at radius 3 is 2.36 bits per heavy atom. The minimum atomic E-state index is -2.36. The highest BCUT2D eigenvalue weighted by atomic mass is 28.3. The average Bonchev–Trinajstić information content (AvgIpc) is 3.85. The Bertz CT molecular complexity index is 2120. The maximum Gasteiger partial charge on any atom is 0.264 e. The molecule has 6 atom stereocenters. The van der Waals surface area contributed by atoms with Gasteiger partial charge in [0.15, 0.2) is 5.60 Å². The standard InChI is InChI=1S/C43H49N5O6Si/c1-28-40(55(4,5)34-21-19-33(53-3)20-22-34)39(23-24-47-26-37(45-46-47)35(27-49)31-11-7-6-8-12-31)54-43(28)36-13-9-10-14-38(36)48(42(43)52)25-30-15-17-32(18-16-30)44-41(51)29(2)50/h6-22,26,28-29,35,39-40,49-50H,23-25,27H2,1-5H3,(H,44,51)/t28-,29-,35?,39+,40-,43+/m0/s1. The van der Waals surface area contributed by atoms with Crippen LogP contribution in [0.2, 0.25) is 18.6 Å². The SMILES string of the molecule is COc1ccc([Si](C)(C)[C@@H]2[C@@H](CCn3cc(C(CO)c4ccccc4)nn3)O[C@]3(C(=O)N(Cc4ccc(NC(=O)[C@H](C)O)cc4)c4ccccc43)[C@H]2C)cc1. The molecule has 0 saturated carbocycles. The molecular formula is C43H49N5O6Si. The highest BCUT2D eigenvalue weighted by Crippen LogP contribution is 2.60. The van der Waals surface area contributed by atoms with E-state index < -0.39 is 25.7 Å². The molecule has 55 heavy (non-hydrogen) atoms. The van der Waals surface area contributed by atoms with Gasteiger partial charge in [-0.2, -0.15) is 0 Å². The molecule has 1 unspecified atom stereocenters. The van der Waals surface area contributed by atoms with Gasteiger partial charge >= 0.3 is 0 Å². The highest BCUT2D eigenvalue weighted by molar-refractivity contribution is 6.91. The molecule has 0 radical (unpaired) electrons. The highest BCUT2D eigenvalue weighted by Gasteiger charge is 2.66. The van der Waals surface area contributed by atoms with Crippen molar-refractivity contribution in [1.29, 1.82) is 0 Å². The summed E-state index contributed by atoms with van der Waals surface area (Å²) in [6, 6.07) is 33.4. The fraction of sp³-hybridized carbons (Fsp3) is 0.349. The van der Waals surface area contributed by atoms with Gasteiger partial charge < -0.3 is 29.9 Å². The van der Waals surface area contributed by atoms with Gasteiger partial charge in [0.1, 0.15) is 11.9 Å². The predicted octanol–water partition coefficient (Wildman–Crippen LogP) is 5.58. The van der Waals surface area contributed by atoms with E-state index in [9.17, 15) is 15.0 Å². The molecule has 3 N–H and O–H groups in total. The van der Waals surface area contributed by atoms with Crippen LogP contribution in [0.3, 0.4) is 0 Å². The topological polar surface area (TPSA) is 139 Å². The molecule has 1 fully saturated rings. The van der Waals surface area contributed by atoms with Crippen LogP contribution in [0.5, 0.6) is 5.75 Å². The third-order valence-electron chi connectivity index (χ3n) is 11.6. The molecule has 1 aromatic heterocycles. The summed E-state index contributed by atoms with van der Waals surface area (Å²) in [6.45, 7) is 9.09.